The molecule has 1 saturated carbocycles. The van der Waals surface area contributed by atoms with Gasteiger partial charge in [-0.3, -0.25) is 4.79 Å². The van der Waals surface area contributed by atoms with E-state index in [2.05, 4.69) is 29.6 Å². The average molecular weight is 422 g/mol. The van der Waals surface area contributed by atoms with Crippen molar-refractivity contribution in [2.24, 2.45) is 11.8 Å². The van der Waals surface area contributed by atoms with Gasteiger partial charge in [0, 0.05) is 25.4 Å². The van der Waals surface area contributed by atoms with Gasteiger partial charge in [-0.25, -0.2) is 9.59 Å². The maximum atomic E-state index is 12.4. The number of carbonyl (C=O) groups is 3. The Labute approximate surface area is 181 Å². The SMILES string of the molecule is C[C@@H](C(=O)O)N(C)C(=O)[C@H]1C[C@H]1CNC(=O)OCC1c2ccccc2-c2ccccc21. The standard InChI is InChI=1S/C24H26N2O5/c1-14(23(28)29)26(2)22(27)20-11-15(20)12-25-24(30)31-13-21-18-9-5-3-7-16(18)17-8-4-6-10-19(17)21/h3-10,14-15,20-21H,11-13H2,1-2H3,(H,25,30)(H,28,29)/t14-,15-,20-/m0/s1. The van der Waals surface area contributed by atoms with E-state index in [1.54, 1.807) is 0 Å². The molecule has 2 aliphatic rings. The predicted octanol–water partition coefficient (Wildman–Crippen LogP) is 3.09. The van der Waals surface area contributed by atoms with Crippen LogP contribution in [-0.2, 0) is 14.3 Å². The molecular weight excluding hydrogens is 396 g/mol. The lowest BCUT2D eigenvalue weighted by Crippen LogP contribution is -2.41. The molecule has 0 aromatic heterocycles. The van der Waals surface area contributed by atoms with Crippen LogP contribution in [0.5, 0.6) is 0 Å². The number of nitrogens with one attached hydrogen (secondary N) is 1. The molecule has 0 unspecified atom stereocenters. The fourth-order valence-electron chi connectivity index (χ4n) is 4.26. The highest BCUT2D eigenvalue weighted by atomic mass is 16.5. The third-order valence-corrected chi connectivity index (χ3v) is 6.38. The van der Waals surface area contributed by atoms with Gasteiger partial charge in [0.05, 0.1) is 0 Å². The number of likely N-dealkylation sites (N-methyl/N-ethyl adjacent to an activating group) is 1. The fraction of sp³-hybridized carbons (Fsp3) is 0.375. The minimum atomic E-state index is -1.04. The summed E-state index contributed by atoms with van der Waals surface area (Å²) in [4.78, 5) is 36.9. The Morgan fingerprint density at radius 1 is 1.10 bits per heavy atom. The molecule has 0 radical (unpaired) electrons. The predicted molar refractivity (Wildman–Crippen MR) is 115 cm³/mol. The smallest absolute Gasteiger partial charge is 0.407 e. The van der Waals surface area contributed by atoms with Crippen LogP contribution < -0.4 is 5.32 Å². The molecule has 3 atom stereocenters. The average Bonchev–Trinajstić information content (AvgIpc) is 3.49. The molecule has 0 bridgehead atoms. The van der Waals surface area contributed by atoms with E-state index in [0.717, 1.165) is 11.1 Å². The molecule has 0 spiro atoms. The van der Waals surface area contributed by atoms with Crippen LogP contribution in [0.4, 0.5) is 4.79 Å². The quantitative estimate of drug-likeness (QED) is 0.715. The number of benzene rings is 2. The van der Waals surface area contributed by atoms with Crippen molar-refractivity contribution in [1.82, 2.24) is 10.2 Å². The second-order valence-electron chi connectivity index (χ2n) is 8.27. The second-order valence-corrected chi connectivity index (χ2v) is 8.27. The Morgan fingerprint density at radius 2 is 1.68 bits per heavy atom. The zero-order valence-electron chi connectivity index (χ0n) is 17.6. The van der Waals surface area contributed by atoms with Gasteiger partial charge in [-0.2, -0.15) is 0 Å². The first kappa shape index (κ1) is 20.9. The van der Waals surface area contributed by atoms with Crippen molar-refractivity contribution >= 4 is 18.0 Å². The van der Waals surface area contributed by atoms with Gasteiger partial charge in [0.15, 0.2) is 0 Å². The number of ether oxygens (including phenoxy) is 1. The number of carboxylic acid groups (broad SMARTS) is 1. The highest BCUT2D eigenvalue weighted by molar-refractivity contribution is 5.86. The van der Waals surface area contributed by atoms with Crippen molar-refractivity contribution in [1.29, 1.82) is 0 Å². The molecule has 4 rings (SSSR count). The highest BCUT2D eigenvalue weighted by Gasteiger charge is 2.45. The minimum absolute atomic E-state index is 0.000410. The summed E-state index contributed by atoms with van der Waals surface area (Å²) in [6.45, 7) is 2.06. The van der Waals surface area contributed by atoms with Gasteiger partial charge in [0.1, 0.15) is 12.6 Å². The zero-order valence-corrected chi connectivity index (χ0v) is 17.6. The number of amides is 2. The van der Waals surface area contributed by atoms with Crippen LogP contribution in [0.3, 0.4) is 0 Å². The number of aliphatic carboxylic acids is 1. The zero-order chi connectivity index (χ0) is 22.1. The summed E-state index contributed by atoms with van der Waals surface area (Å²) in [6.07, 6.45) is 0.131. The molecule has 2 amide bonds. The van der Waals surface area contributed by atoms with E-state index < -0.39 is 18.1 Å². The van der Waals surface area contributed by atoms with E-state index in [1.165, 1.54) is 30.0 Å². The third-order valence-electron chi connectivity index (χ3n) is 6.38. The van der Waals surface area contributed by atoms with E-state index in [9.17, 15) is 14.4 Å². The lowest BCUT2D eigenvalue weighted by molar-refractivity contribution is -0.148. The van der Waals surface area contributed by atoms with Gasteiger partial charge in [-0.15, -0.1) is 0 Å². The van der Waals surface area contributed by atoms with E-state index in [4.69, 9.17) is 9.84 Å². The molecule has 0 aliphatic heterocycles. The summed E-state index contributed by atoms with van der Waals surface area (Å²) >= 11 is 0. The lowest BCUT2D eigenvalue weighted by Gasteiger charge is -2.21. The normalized spacial score (nSPS) is 19.7. The Balaban J connectivity index is 1.28. The van der Waals surface area contributed by atoms with Crippen molar-refractivity contribution in [3.8, 4) is 11.1 Å². The largest absolute Gasteiger partial charge is 0.480 e. The van der Waals surface area contributed by atoms with Crippen molar-refractivity contribution < 1.29 is 24.2 Å². The first-order valence-corrected chi connectivity index (χ1v) is 10.5. The van der Waals surface area contributed by atoms with Gasteiger partial charge in [-0.05, 0) is 41.5 Å². The summed E-state index contributed by atoms with van der Waals surface area (Å²) in [5.74, 6) is -1.48. The van der Waals surface area contributed by atoms with Crippen molar-refractivity contribution in [2.45, 2.75) is 25.3 Å². The molecular formula is C24H26N2O5. The van der Waals surface area contributed by atoms with Crippen LogP contribution in [-0.4, -0.2) is 54.2 Å². The lowest BCUT2D eigenvalue weighted by atomic mass is 9.98. The maximum Gasteiger partial charge on any atom is 0.407 e. The number of rotatable bonds is 7. The van der Waals surface area contributed by atoms with Crippen LogP contribution in [0.15, 0.2) is 48.5 Å². The summed E-state index contributed by atoms with van der Waals surface area (Å²) in [7, 11) is 1.50. The summed E-state index contributed by atoms with van der Waals surface area (Å²) in [6, 6.07) is 15.4. The third kappa shape index (κ3) is 4.13. The number of carboxylic acids is 1. The van der Waals surface area contributed by atoms with Crippen molar-refractivity contribution in [3.63, 3.8) is 0 Å². The van der Waals surface area contributed by atoms with E-state index in [0.29, 0.717) is 13.0 Å². The van der Waals surface area contributed by atoms with Crippen molar-refractivity contribution in [2.75, 3.05) is 20.2 Å². The van der Waals surface area contributed by atoms with Gasteiger partial charge in [-0.1, -0.05) is 48.5 Å². The first-order valence-electron chi connectivity index (χ1n) is 10.5. The molecule has 0 heterocycles. The first-order chi connectivity index (χ1) is 14.9. The molecule has 2 N–H and O–H groups in total. The van der Waals surface area contributed by atoms with Gasteiger partial charge in [0.2, 0.25) is 5.91 Å². The van der Waals surface area contributed by atoms with Crippen LogP contribution in [0.2, 0.25) is 0 Å². The number of carbonyl (C=O) groups excluding carboxylic acids is 2. The molecule has 7 nitrogen and oxygen atoms in total. The number of alkyl carbamates (subject to hydrolysis) is 1. The number of fused-ring (bicyclic) bond motifs is 3. The van der Waals surface area contributed by atoms with Crippen LogP contribution >= 0.6 is 0 Å². The van der Waals surface area contributed by atoms with Gasteiger partial charge in [0.25, 0.3) is 0 Å². The fourth-order valence-corrected chi connectivity index (χ4v) is 4.26. The number of hydrogen-bond acceptors (Lipinski definition) is 4. The minimum Gasteiger partial charge on any atom is -0.480 e. The number of hydrogen-bond donors (Lipinski definition) is 2. The Hall–Kier alpha value is -3.35. The summed E-state index contributed by atoms with van der Waals surface area (Å²) < 4.78 is 5.51. The van der Waals surface area contributed by atoms with Crippen LogP contribution in [0, 0.1) is 11.8 Å². The molecule has 31 heavy (non-hydrogen) atoms. The van der Waals surface area contributed by atoms with E-state index in [1.807, 2.05) is 24.3 Å². The Bertz CT molecular complexity index is 975. The summed E-state index contributed by atoms with van der Waals surface area (Å²) in [5, 5.41) is 11.8. The molecule has 2 aliphatic carbocycles. The second kappa shape index (κ2) is 8.41. The van der Waals surface area contributed by atoms with Crippen molar-refractivity contribution in [3.05, 3.63) is 59.7 Å². The molecule has 162 valence electrons. The highest BCUT2D eigenvalue weighted by Crippen LogP contribution is 2.44. The summed E-state index contributed by atoms with van der Waals surface area (Å²) in [5.41, 5.74) is 4.65. The molecule has 0 saturated heterocycles. The van der Waals surface area contributed by atoms with E-state index in [-0.39, 0.29) is 30.3 Å². The monoisotopic (exact) mass is 422 g/mol. The molecule has 2 aromatic carbocycles. The van der Waals surface area contributed by atoms with Crippen LogP contribution in [0.1, 0.15) is 30.4 Å². The molecule has 1 fully saturated rings. The number of nitrogens with zero attached hydrogens (tertiary/aromatic N) is 1. The molecule has 7 heteroatoms. The van der Waals surface area contributed by atoms with Crippen LogP contribution in [0.25, 0.3) is 11.1 Å². The molecule has 2 aromatic rings. The Morgan fingerprint density at radius 3 is 2.26 bits per heavy atom. The van der Waals surface area contributed by atoms with E-state index >= 15 is 0 Å². The van der Waals surface area contributed by atoms with Gasteiger partial charge >= 0.3 is 12.1 Å². The van der Waals surface area contributed by atoms with Gasteiger partial charge < -0.3 is 20.1 Å². The maximum absolute atomic E-state index is 12.4. The Kier molecular flexibility index (Phi) is 5.67. The topological polar surface area (TPSA) is 95.9 Å².